The predicted octanol–water partition coefficient (Wildman–Crippen LogP) is 7.56. The van der Waals surface area contributed by atoms with Crippen LogP contribution in [0, 0.1) is 6.92 Å². The fourth-order valence-electron chi connectivity index (χ4n) is 5.23. The molecular weight excluding hydrogens is 550 g/mol. The maximum atomic E-state index is 13.9. The lowest BCUT2D eigenvalue weighted by molar-refractivity contribution is -0.144. The zero-order chi connectivity index (χ0) is 31.1. The zero-order valence-corrected chi connectivity index (χ0v) is 24.2. The normalized spacial score (nSPS) is 18.7. The molecule has 1 fully saturated rings. The number of nitrogens with zero attached hydrogens (tertiary/aromatic N) is 2. The van der Waals surface area contributed by atoms with Crippen molar-refractivity contribution in [1.29, 1.82) is 0 Å². The summed E-state index contributed by atoms with van der Waals surface area (Å²) in [5, 5.41) is 0. The molecule has 1 aliphatic rings. The number of alkyl halides is 6. The van der Waals surface area contributed by atoms with Crippen LogP contribution in [-0.4, -0.2) is 53.6 Å². The van der Waals surface area contributed by atoms with Crippen molar-refractivity contribution in [3.8, 4) is 0 Å². The Morgan fingerprint density at radius 3 is 1.88 bits per heavy atom. The number of likely N-dealkylation sites (N-methyl/N-ethyl adjacent to an activating group) is 1. The summed E-state index contributed by atoms with van der Waals surface area (Å²) in [6, 6.07) is 8.23. The number of carbonyl (C=O) groups excluding carboxylic acids is 2. The molecule has 2 amide bonds. The molecule has 3 rings (SSSR count). The Morgan fingerprint density at radius 1 is 0.878 bits per heavy atom. The number of rotatable bonds is 4. The second-order valence-corrected chi connectivity index (χ2v) is 12.1. The molecule has 226 valence electrons. The van der Waals surface area contributed by atoms with Gasteiger partial charge in [-0.25, -0.2) is 4.79 Å². The molecule has 0 aromatic heterocycles. The quantitative estimate of drug-likeness (QED) is 0.348. The predicted molar refractivity (Wildman–Crippen MR) is 142 cm³/mol. The Kier molecular flexibility index (Phi) is 8.82. The van der Waals surface area contributed by atoms with Crippen LogP contribution in [-0.2, 0) is 27.3 Å². The first kappa shape index (κ1) is 32.3. The van der Waals surface area contributed by atoms with Gasteiger partial charge >= 0.3 is 18.4 Å². The van der Waals surface area contributed by atoms with Gasteiger partial charge in [0.1, 0.15) is 5.60 Å². The molecule has 2 aromatic carbocycles. The maximum Gasteiger partial charge on any atom is 0.416 e. The van der Waals surface area contributed by atoms with Gasteiger partial charge < -0.3 is 14.5 Å². The summed E-state index contributed by atoms with van der Waals surface area (Å²) >= 11 is 0. The molecule has 0 N–H and O–H groups in total. The van der Waals surface area contributed by atoms with Gasteiger partial charge in [-0.1, -0.05) is 24.3 Å². The van der Waals surface area contributed by atoms with Gasteiger partial charge in [-0.3, -0.25) is 4.79 Å². The van der Waals surface area contributed by atoms with Crippen molar-refractivity contribution in [2.45, 2.75) is 83.3 Å². The molecule has 0 saturated carbocycles. The van der Waals surface area contributed by atoms with E-state index in [1.165, 1.54) is 25.8 Å². The first-order valence-electron chi connectivity index (χ1n) is 13.2. The van der Waals surface area contributed by atoms with E-state index in [9.17, 15) is 35.9 Å². The summed E-state index contributed by atoms with van der Waals surface area (Å²) in [4.78, 5) is 29.8. The standard InChI is InChI=1S/C30H36F6N2O3/c1-18-10-8-9-11-22(18)23-17-38(26(40)41-27(2,3)4)13-12-24(23)37(7)25(39)28(5,6)19-14-20(29(31,32)33)16-21(15-19)30(34,35)36/h8-11,14-16,23-24H,12-13,17H2,1-7H3/t23-,24+/m0/s1. The third kappa shape index (κ3) is 7.35. The Hall–Kier alpha value is -3.24. The molecule has 1 heterocycles. The Morgan fingerprint density at radius 2 is 1.39 bits per heavy atom. The highest BCUT2D eigenvalue weighted by molar-refractivity contribution is 5.87. The Bertz CT molecular complexity index is 1250. The maximum absolute atomic E-state index is 13.9. The van der Waals surface area contributed by atoms with Crippen LogP contribution in [0.15, 0.2) is 42.5 Å². The van der Waals surface area contributed by atoms with Crippen molar-refractivity contribution < 1.29 is 40.7 Å². The van der Waals surface area contributed by atoms with E-state index in [0.717, 1.165) is 11.1 Å². The summed E-state index contributed by atoms with van der Waals surface area (Å²) < 4.78 is 86.9. The van der Waals surface area contributed by atoms with E-state index < -0.39 is 58.1 Å². The molecule has 2 atom stereocenters. The van der Waals surface area contributed by atoms with Gasteiger partial charge in [0.15, 0.2) is 0 Å². The van der Waals surface area contributed by atoms with E-state index >= 15 is 0 Å². The fraction of sp³-hybridized carbons (Fsp3) is 0.533. The topological polar surface area (TPSA) is 49.9 Å². The Balaban J connectivity index is 2.01. The van der Waals surface area contributed by atoms with Gasteiger partial charge in [0, 0.05) is 32.1 Å². The number of amides is 2. The summed E-state index contributed by atoms with van der Waals surface area (Å²) in [5.74, 6) is -1.02. The first-order chi connectivity index (χ1) is 18.6. The largest absolute Gasteiger partial charge is 0.444 e. The van der Waals surface area contributed by atoms with Gasteiger partial charge in [-0.05, 0) is 82.9 Å². The van der Waals surface area contributed by atoms with Gasteiger partial charge in [-0.2, -0.15) is 26.3 Å². The number of aryl methyl sites for hydroxylation is 1. The Labute approximate surface area is 236 Å². The van der Waals surface area contributed by atoms with Crippen molar-refractivity contribution in [1.82, 2.24) is 9.80 Å². The molecule has 1 saturated heterocycles. The number of hydrogen-bond donors (Lipinski definition) is 0. The first-order valence-corrected chi connectivity index (χ1v) is 13.2. The zero-order valence-electron chi connectivity index (χ0n) is 24.2. The smallest absolute Gasteiger partial charge is 0.416 e. The second-order valence-electron chi connectivity index (χ2n) is 12.1. The minimum Gasteiger partial charge on any atom is -0.444 e. The molecule has 2 aromatic rings. The monoisotopic (exact) mass is 586 g/mol. The van der Waals surface area contributed by atoms with Gasteiger partial charge in [-0.15, -0.1) is 0 Å². The third-order valence-corrected chi connectivity index (χ3v) is 7.48. The summed E-state index contributed by atoms with van der Waals surface area (Å²) in [7, 11) is 1.50. The number of carbonyl (C=O) groups is 2. The van der Waals surface area contributed by atoms with Crippen molar-refractivity contribution in [3.05, 3.63) is 70.3 Å². The second kappa shape index (κ2) is 11.2. The van der Waals surface area contributed by atoms with Crippen LogP contribution >= 0.6 is 0 Å². The van der Waals surface area contributed by atoms with Crippen molar-refractivity contribution >= 4 is 12.0 Å². The van der Waals surface area contributed by atoms with E-state index in [1.54, 1.807) is 25.7 Å². The van der Waals surface area contributed by atoms with Crippen molar-refractivity contribution in [3.63, 3.8) is 0 Å². The lowest BCUT2D eigenvalue weighted by atomic mass is 9.79. The number of benzene rings is 2. The molecule has 5 nitrogen and oxygen atoms in total. The number of ether oxygens (including phenoxy) is 1. The highest BCUT2D eigenvalue weighted by atomic mass is 19.4. The van der Waals surface area contributed by atoms with Crippen LogP contribution in [0.4, 0.5) is 31.1 Å². The van der Waals surface area contributed by atoms with Gasteiger partial charge in [0.05, 0.1) is 16.5 Å². The molecule has 0 radical (unpaired) electrons. The van der Waals surface area contributed by atoms with E-state index in [1.807, 2.05) is 31.2 Å². The fourth-order valence-corrected chi connectivity index (χ4v) is 5.23. The van der Waals surface area contributed by atoms with Crippen molar-refractivity contribution in [2.75, 3.05) is 20.1 Å². The number of likely N-dealkylation sites (tertiary alicyclic amines) is 1. The average Bonchev–Trinajstić information content (AvgIpc) is 2.85. The van der Waals surface area contributed by atoms with E-state index in [0.29, 0.717) is 18.6 Å². The number of hydrogen-bond acceptors (Lipinski definition) is 3. The summed E-state index contributed by atoms with van der Waals surface area (Å²) in [5.41, 5.74) is -4.00. The lowest BCUT2D eigenvalue weighted by Crippen LogP contribution is -2.55. The van der Waals surface area contributed by atoms with Crippen LogP contribution in [0.25, 0.3) is 0 Å². The van der Waals surface area contributed by atoms with Crippen LogP contribution in [0.3, 0.4) is 0 Å². The lowest BCUT2D eigenvalue weighted by Gasteiger charge is -2.45. The van der Waals surface area contributed by atoms with E-state index in [-0.39, 0.29) is 25.1 Å². The summed E-state index contributed by atoms with van der Waals surface area (Å²) in [6.45, 7) is 10.3. The molecular formula is C30H36F6N2O3. The molecule has 0 unspecified atom stereocenters. The van der Waals surface area contributed by atoms with Crippen LogP contribution < -0.4 is 0 Å². The molecule has 11 heteroatoms. The van der Waals surface area contributed by atoms with E-state index in [2.05, 4.69) is 0 Å². The molecule has 0 spiro atoms. The highest BCUT2D eigenvalue weighted by Gasteiger charge is 2.44. The van der Waals surface area contributed by atoms with Crippen LogP contribution in [0.1, 0.15) is 74.8 Å². The molecule has 0 aliphatic carbocycles. The highest BCUT2D eigenvalue weighted by Crippen LogP contribution is 2.41. The molecule has 41 heavy (non-hydrogen) atoms. The number of halogens is 6. The molecule has 1 aliphatic heterocycles. The SMILES string of the molecule is Cc1ccccc1[C@@H]1CN(C(=O)OC(C)(C)C)CC[C@H]1N(C)C(=O)C(C)(C)c1cc(C(F)(F)F)cc(C(F)(F)F)c1. The van der Waals surface area contributed by atoms with Crippen molar-refractivity contribution in [2.24, 2.45) is 0 Å². The van der Waals surface area contributed by atoms with Gasteiger partial charge in [0.2, 0.25) is 5.91 Å². The minimum atomic E-state index is -5.04. The minimum absolute atomic E-state index is 0.0500. The van der Waals surface area contributed by atoms with E-state index in [4.69, 9.17) is 4.74 Å². The van der Waals surface area contributed by atoms with Crippen LogP contribution in [0.2, 0.25) is 0 Å². The molecule has 0 bridgehead atoms. The van der Waals surface area contributed by atoms with Crippen LogP contribution in [0.5, 0.6) is 0 Å². The number of piperidine rings is 1. The third-order valence-electron chi connectivity index (χ3n) is 7.48. The van der Waals surface area contributed by atoms with Gasteiger partial charge in [0.25, 0.3) is 0 Å². The average molecular weight is 587 g/mol. The summed E-state index contributed by atoms with van der Waals surface area (Å²) in [6.07, 6.45) is -10.3.